The van der Waals surface area contributed by atoms with Gasteiger partial charge in [-0.15, -0.1) is 0 Å². The number of benzene rings is 1. The van der Waals surface area contributed by atoms with E-state index in [2.05, 4.69) is 22.5 Å². The van der Waals surface area contributed by atoms with Gasteiger partial charge < -0.3 is 15.0 Å². The second-order valence-corrected chi connectivity index (χ2v) is 6.36. The second kappa shape index (κ2) is 8.05. The molecule has 3 rings (SSSR count). The predicted octanol–water partition coefficient (Wildman–Crippen LogP) is 2.91. The Morgan fingerprint density at radius 3 is 2.84 bits per heavy atom. The Balaban J connectivity index is 1.55. The number of aryl methyl sites for hydroxylation is 1. The lowest BCUT2D eigenvalue weighted by molar-refractivity contribution is 0.193. The second-order valence-electron chi connectivity index (χ2n) is 6.36. The molecule has 6 nitrogen and oxygen atoms in total. The van der Waals surface area contributed by atoms with E-state index in [0.717, 1.165) is 37.1 Å². The SMILES string of the molecule is CCOc1ccc(C2CCCN2C(=O)NCCc2cnn(C)c2)cc1. The maximum Gasteiger partial charge on any atom is 0.317 e. The molecule has 1 atom stereocenters. The van der Waals surface area contributed by atoms with Crippen LogP contribution in [0.3, 0.4) is 0 Å². The molecule has 1 aromatic carbocycles. The molecule has 2 amide bonds. The molecule has 134 valence electrons. The largest absolute Gasteiger partial charge is 0.494 e. The van der Waals surface area contributed by atoms with E-state index in [9.17, 15) is 4.79 Å². The summed E-state index contributed by atoms with van der Waals surface area (Å²) in [5.41, 5.74) is 2.30. The van der Waals surface area contributed by atoms with E-state index in [1.807, 2.05) is 43.4 Å². The monoisotopic (exact) mass is 342 g/mol. The fourth-order valence-corrected chi connectivity index (χ4v) is 3.33. The minimum atomic E-state index is 0.0141. The highest BCUT2D eigenvalue weighted by atomic mass is 16.5. The van der Waals surface area contributed by atoms with E-state index < -0.39 is 0 Å². The minimum Gasteiger partial charge on any atom is -0.494 e. The van der Waals surface area contributed by atoms with Crippen LogP contribution in [0.15, 0.2) is 36.7 Å². The molecule has 25 heavy (non-hydrogen) atoms. The van der Waals surface area contributed by atoms with E-state index >= 15 is 0 Å². The van der Waals surface area contributed by atoms with Gasteiger partial charge in [0, 0.05) is 26.3 Å². The molecule has 1 aliphatic heterocycles. The summed E-state index contributed by atoms with van der Waals surface area (Å²) < 4.78 is 7.27. The van der Waals surface area contributed by atoms with Gasteiger partial charge in [-0.25, -0.2) is 4.79 Å². The van der Waals surface area contributed by atoms with Gasteiger partial charge in [0.2, 0.25) is 0 Å². The normalized spacial score (nSPS) is 16.9. The summed E-state index contributed by atoms with van der Waals surface area (Å²) in [6.45, 7) is 4.06. The van der Waals surface area contributed by atoms with E-state index in [1.165, 1.54) is 5.56 Å². The summed E-state index contributed by atoms with van der Waals surface area (Å²) in [5, 5.41) is 7.19. The Morgan fingerprint density at radius 1 is 1.36 bits per heavy atom. The summed E-state index contributed by atoms with van der Waals surface area (Å²) in [7, 11) is 1.90. The van der Waals surface area contributed by atoms with Crippen LogP contribution in [0, 0.1) is 0 Å². The number of nitrogens with zero attached hydrogens (tertiary/aromatic N) is 3. The molecule has 2 aromatic rings. The first kappa shape index (κ1) is 17.3. The van der Waals surface area contributed by atoms with Gasteiger partial charge in [-0.1, -0.05) is 12.1 Å². The van der Waals surface area contributed by atoms with Crippen molar-refractivity contribution in [2.75, 3.05) is 19.7 Å². The molecule has 1 aliphatic rings. The number of likely N-dealkylation sites (tertiary alicyclic amines) is 1. The molecule has 1 saturated heterocycles. The van der Waals surface area contributed by atoms with Crippen LogP contribution in [0.5, 0.6) is 5.75 Å². The summed E-state index contributed by atoms with van der Waals surface area (Å²) in [5.74, 6) is 0.872. The third kappa shape index (κ3) is 4.32. The van der Waals surface area contributed by atoms with E-state index in [1.54, 1.807) is 4.68 Å². The third-order valence-electron chi connectivity index (χ3n) is 4.54. The molecule has 6 heteroatoms. The first-order chi connectivity index (χ1) is 12.2. The Labute approximate surface area is 148 Å². The van der Waals surface area contributed by atoms with Crippen molar-refractivity contribution in [2.45, 2.75) is 32.2 Å². The van der Waals surface area contributed by atoms with Gasteiger partial charge in [-0.3, -0.25) is 4.68 Å². The van der Waals surface area contributed by atoms with Gasteiger partial charge in [0.25, 0.3) is 0 Å². The molecular weight excluding hydrogens is 316 g/mol. The molecule has 1 N–H and O–H groups in total. The molecule has 0 radical (unpaired) electrons. The lowest BCUT2D eigenvalue weighted by Crippen LogP contribution is -2.40. The molecule has 1 aromatic heterocycles. The molecule has 0 spiro atoms. The van der Waals surface area contributed by atoms with Crippen LogP contribution in [-0.4, -0.2) is 40.4 Å². The Kier molecular flexibility index (Phi) is 5.58. The molecule has 0 saturated carbocycles. The zero-order chi connectivity index (χ0) is 17.6. The highest BCUT2D eigenvalue weighted by Gasteiger charge is 2.29. The van der Waals surface area contributed by atoms with Crippen molar-refractivity contribution < 1.29 is 9.53 Å². The van der Waals surface area contributed by atoms with Crippen LogP contribution in [0.4, 0.5) is 4.79 Å². The van der Waals surface area contributed by atoms with Crippen LogP contribution >= 0.6 is 0 Å². The average Bonchev–Trinajstić information content (AvgIpc) is 3.25. The van der Waals surface area contributed by atoms with Gasteiger partial charge in [-0.2, -0.15) is 5.10 Å². The number of hydrogen-bond donors (Lipinski definition) is 1. The average molecular weight is 342 g/mol. The highest BCUT2D eigenvalue weighted by Crippen LogP contribution is 2.32. The molecule has 0 aliphatic carbocycles. The zero-order valence-electron chi connectivity index (χ0n) is 14.9. The molecule has 2 heterocycles. The fraction of sp³-hybridized carbons (Fsp3) is 0.474. The van der Waals surface area contributed by atoms with Gasteiger partial charge in [-0.05, 0) is 49.4 Å². The van der Waals surface area contributed by atoms with Crippen LogP contribution < -0.4 is 10.1 Å². The summed E-state index contributed by atoms with van der Waals surface area (Å²) in [4.78, 5) is 14.5. The standard InChI is InChI=1S/C19H26N4O2/c1-3-25-17-8-6-16(7-9-17)18-5-4-12-23(18)19(24)20-11-10-15-13-21-22(2)14-15/h6-9,13-14,18H,3-5,10-12H2,1-2H3,(H,20,24). The number of hydrogen-bond acceptors (Lipinski definition) is 3. The number of ether oxygens (including phenoxy) is 1. The maximum absolute atomic E-state index is 12.6. The van der Waals surface area contributed by atoms with E-state index in [0.29, 0.717) is 13.2 Å². The van der Waals surface area contributed by atoms with Crippen LogP contribution in [-0.2, 0) is 13.5 Å². The molecule has 1 unspecified atom stereocenters. The number of carbonyl (C=O) groups is 1. The van der Waals surface area contributed by atoms with Crippen molar-refractivity contribution >= 4 is 6.03 Å². The lowest BCUT2D eigenvalue weighted by atomic mass is 10.0. The first-order valence-corrected chi connectivity index (χ1v) is 8.92. The summed E-state index contributed by atoms with van der Waals surface area (Å²) in [6, 6.07) is 8.26. The van der Waals surface area contributed by atoms with Gasteiger partial charge in [0.05, 0.1) is 18.8 Å². The quantitative estimate of drug-likeness (QED) is 0.878. The number of aromatic nitrogens is 2. The van der Waals surface area contributed by atoms with Gasteiger partial charge in [0.15, 0.2) is 0 Å². The number of urea groups is 1. The topological polar surface area (TPSA) is 59.4 Å². The number of carbonyl (C=O) groups excluding carboxylic acids is 1. The first-order valence-electron chi connectivity index (χ1n) is 8.92. The highest BCUT2D eigenvalue weighted by molar-refractivity contribution is 5.75. The van der Waals surface area contributed by atoms with E-state index in [-0.39, 0.29) is 12.1 Å². The van der Waals surface area contributed by atoms with Crippen molar-refractivity contribution in [2.24, 2.45) is 7.05 Å². The predicted molar refractivity (Wildman–Crippen MR) is 96.6 cm³/mol. The smallest absolute Gasteiger partial charge is 0.317 e. The fourth-order valence-electron chi connectivity index (χ4n) is 3.33. The lowest BCUT2D eigenvalue weighted by Gasteiger charge is -2.25. The molecule has 1 fully saturated rings. The van der Waals surface area contributed by atoms with Crippen LogP contribution in [0.1, 0.15) is 36.9 Å². The number of rotatable bonds is 6. The van der Waals surface area contributed by atoms with Crippen molar-refractivity contribution in [3.63, 3.8) is 0 Å². The number of nitrogens with one attached hydrogen (secondary N) is 1. The van der Waals surface area contributed by atoms with E-state index in [4.69, 9.17) is 4.74 Å². The van der Waals surface area contributed by atoms with Crippen molar-refractivity contribution in [1.29, 1.82) is 0 Å². The third-order valence-corrected chi connectivity index (χ3v) is 4.54. The van der Waals surface area contributed by atoms with Crippen molar-refractivity contribution in [3.05, 3.63) is 47.8 Å². The van der Waals surface area contributed by atoms with Gasteiger partial charge >= 0.3 is 6.03 Å². The van der Waals surface area contributed by atoms with Crippen LogP contribution in [0.25, 0.3) is 0 Å². The van der Waals surface area contributed by atoms with Crippen LogP contribution in [0.2, 0.25) is 0 Å². The maximum atomic E-state index is 12.6. The van der Waals surface area contributed by atoms with Crippen molar-refractivity contribution in [1.82, 2.24) is 20.0 Å². The Morgan fingerprint density at radius 2 is 2.16 bits per heavy atom. The van der Waals surface area contributed by atoms with Crippen molar-refractivity contribution in [3.8, 4) is 5.75 Å². The van der Waals surface area contributed by atoms with Gasteiger partial charge in [0.1, 0.15) is 5.75 Å². The Hall–Kier alpha value is -2.50. The minimum absolute atomic E-state index is 0.0141. The number of amides is 2. The zero-order valence-corrected chi connectivity index (χ0v) is 14.9. The Bertz CT molecular complexity index is 696. The molecular formula is C19H26N4O2. The summed E-state index contributed by atoms with van der Waals surface area (Å²) >= 11 is 0. The molecule has 0 bridgehead atoms. The summed E-state index contributed by atoms with van der Waals surface area (Å²) in [6.07, 6.45) is 6.65.